The predicted octanol–water partition coefficient (Wildman–Crippen LogP) is 2.86. The first-order chi connectivity index (χ1) is 16.8. The molecule has 1 aromatic heterocycles. The zero-order valence-electron chi connectivity index (χ0n) is 19.8. The van der Waals surface area contributed by atoms with Gasteiger partial charge in [-0.2, -0.15) is 4.98 Å². The van der Waals surface area contributed by atoms with Crippen molar-refractivity contribution in [2.45, 2.75) is 39.5 Å². The number of nitrogens with two attached hydrogens (primary N) is 1. The Hall–Kier alpha value is -3.83. The molecular weight excluding hydrogens is 453 g/mol. The number of aliphatic hydroxyl groups excluding tert-OH is 1. The Morgan fingerprint density at radius 3 is 2.74 bits per heavy atom. The third-order valence-corrected chi connectivity index (χ3v) is 5.97. The lowest BCUT2D eigenvalue weighted by atomic mass is 9.97. The molecule has 11 heteroatoms. The number of benzene rings is 2. The van der Waals surface area contributed by atoms with Crippen molar-refractivity contribution in [3.8, 4) is 5.75 Å². The standard InChI is InChI=1S/C24H28FN7O3/c1-13(2)32-8-7-14-10-19(35-3)18(9-16(14)11-32)27-24-29-23(21(22(26)34)30-31-24)28-20-15(12-33)5-4-6-17(20)25/h4-6,9-10,13,33H,7-8,11-12H2,1-3H3,(H2,26,34)(H2,27,28,29,31). The summed E-state index contributed by atoms with van der Waals surface area (Å²) in [7, 11) is 1.58. The van der Waals surface area contributed by atoms with Crippen LogP contribution < -0.4 is 21.1 Å². The molecule has 2 aromatic carbocycles. The number of aliphatic hydroxyl groups is 1. The van der Waals surface area contributed by atoms with E-state index in [2.05, 4.69) is 44.6 Å². The van der Waals surface area contributed by atoms with Crippen LogP contribution in [0.2, 0.25) is 0 Å². The number of amides is 1. The third-order valence-electron chi connectivity index (χ3n) is 5.97. The van der Waals surface area contributed by atoms with Crippen molar-refractivity contribution in [1.29, 1.82) is 0 Å². The molecular formula is C24H28FN7O3. The lowest BCUT2D eigenvalue weighted by molar-refractivity contribution is 0.0995. The molecule has 1 aliphatic rings. The number of nitrogens with one attached hydrogen (secondary N) is 2. The van der Waals surface area contributed by atoms with Crippen LogP contribution in [0.25, 0.3) is 0 Å². The molecule has 0 fully saturated rings. The van der Waals surface area contributed by atoms with Gasteiger partial charge in [0, 0.05) is 24.7 Å². The van der Waals surface area contributed by atoms with Crippen molar-refractivity contribution in [1.82, 2.24) is 20.1 Å². The summed E-state index contributed by atoms with van der Waals surface area (Å²) < 4.78 is 20.0. The SMILES string of the molecule is COc1cc2c(cc1Nc1nnc(C(N)=O)c(Nc3c(F)cccc3CO)n1)CN(C(C)C)CC2. The number of hydrogen-bond acceptors (Lipinski definition) is 9. The van der Waals surface area contributed by atoms with E-state index >= 15 is 0 Å². The second-order valence-corrected chi connectivity index (χ2v) is 8.51. The first-order valence-corrected chi connectivity index (χ1v) is 11.2. The number of para-hydroxylation sites is 1. The maximum atomic E-state index is 14.5. The van der Waals surface area contributed by atoms with E-state index in [1.807, 2.05) is 12.1 Å². The maximum absolute atomic E-state index is 14.5. The maximum Gasteiger partial charge on any atom is 0.273 e. The van der Waals surface area contributed by atoms with Crippen LogP contribution in [-0.4, -0.2) is 50.8 Å². The van der Waals surface area contributed by atoms with Crippen LogP contribution >= 0.6 is 0 Å². The molecule has 1 aliphatic heterocycles. The molecule has 5 N–H and O–H groups in total. The van der Waals surface area contributed by atoms with Gasteiger partial charge in [0.25, 0.3) is 5.91 Å². The monoisotopic (exact) mass is 481 g/mol. The fourth-order valence-electron chi connectivity index (χ4n) is 4.03. The molecule has 1 amide bonds. The van der Waals surface area contributed by atoms with Gasteiger partial charge in [-0.05, 0) is 49.6 Å². The lowest BCUT2D eigenvalue weighted by Crippen LogP contribution is -2.35. The van der Waals surface area contributed by atoms with Crippen molar-refractivity contribution >= 4 is 29.0 Å². The Labute approximate surface area is 202 Å². The van der Waals surface area contributed by atoms with Gasteiger partial charge in [-0.25, -0.2) is 4.39 Å². The number of methoxy groups -OCH3 is 1. The Kier molecular flexibility index (Phi) is 7.08. The van der Waals surface area contributed by atoms with Gasteiger partial charge in [-0.3, -0.25) is 9.69 Å². The highest BCUT2D eigenvalue weighted by atomic mass is 19.1. The second kappa shape index (κ2) is 10.2. The van der Waals surface area contributed by atoms with Gasteiger partial charge < -0.3 is 26.2 Å². The van der Waals surface area contributed by atoms with Crippen LogP contribution in [0.15, 0.2) is 30.3 Å². The molecule has 3 aromatic rings. The van der Waals surface area contributed by atoms with Gasteiger partial charge in [0.1, 0.15) is 11.6 Å². The first kappa shape index (κ1) is 24.3. The highest BCUT2D eigenvalue weighted by Gasteiger charge is 2.22. The number of halogens is 1. The summed E-state index contributed by atoms with van der Waals surface area (Å²) in [5.74, 6) is -0.963. The number of aromatic nitrogens is 3. The minimum Gasteiger partial charge on any atom is -0.495 e. The van der Waals surface area contributed by atoms with Crippen LogP contribution in [0.3, 0.4) is 0 Å². The van der Waals surface area contributed by atoms with Gasteiger partial charge in [-0.1, -0.05) is 12.1 Å². The average molecular weight is 482 g/mol. The topological polar surface area (TPSA) is 139 Å². The number of carbonyl (C=O) groups excluding carboxylic acids is 1. The van der Waals surface area contributed by atoms with Crippen molar-refractivity contribution in [2.75, 3.05) is 24.3 Å². The van der Waals surface area contributed by atoms with Crippen LogP contribution in [0.4, 0.5) is 27.5 Å². The third kappa shape index (κ3) is 5.15. The molecule has 184 valence electrons. The molecule has 0 atom stereocenters. The second-order valence-electron chi connectivity index (χ2n) is 8.51. The van der Waals surface area contributed by atoms with E-state index in [0.717, 1.165) is 25.1 Å². The summed E-state index contributed by atoms with van der Waals surface area (Å²) in [5, 5.41) is 23.3. The zero-order chi connectivity index (χ0) is 25.1. The van der Waals surface area contributed by atoms with Crippen molar-refractivity contribution in [2.24, 2.45) is 5.73 Å². The van der Waals surface area contributed by atoms with Crippen LogP contribution in [0.1, 0.15) is 41.0 Å². The number of anilines is 4. The quantitative estimate of drug-likeness (QED) is 0.382. The van der Waals surface area contributed by atoms with Crippen LogP contribution in [-0.2, 0) is 19.6 Å². The van der Waals surface area contributed by atoms with Crippen molar-refractivity contribution < 1.29 is 19.0 Å². The van der Waals surface area contributed by atoms with E-state index in [0.29, 0.717) is 17.5 Å². The smallest absolute Gasteiger partial charge is 0.273 e. The Bertz CT molecular complexity index is 1250. The Morgan fingerprint density at radius 1 is 1.26 bits per heavy atom. The summed E-state index contributed by atoms with van der Waals surface area (Å²) in [5.41, 5.74) is 8.39. The summed E-state index contributed by atoms with van der Waals surface area (Å²) in [6, 6.07) is 8.63. The Morgan fingerprint density at radius 2 is 2.06 bits per heavy atom. The highest BCUT2D eigenvalue weighted by Crippen LogP contribution is 2.34. The molecule has 0 unspecified atom stereocenters. The van der Waals surface area contributed by atoms with E-state index in [9.17, 15) is 14.3 Å². The first-order valence-electron chi connectivity index (χ1n) is 11.2. The number of carbonyl (C=O) groups is 1. The molecule has 2 heterocycles. The highest BCUT2D eigenvalue weighted by molar-refractivity contribution is 5.96. The molecule has 4 rings (SSSR count). The molecule has 0 spiro atoms. The van der Waals surface area contributed by atoms with E-state index in [1.165, 1.54) is 17.7 Å². The van der Waals surface area contributed by atoms with Crippen molar-refractivity contribution in [3.63, 3.8) is 0 Å². The van der Waals surface area contributed by atoms with Gasteiger partial charge in [0.05, 0.1) is 25.1 Å². The summed E-state index contributed by atoms with van der Waals surface area (Å²) in [4.78, 5) is 18.6. The van der Waals surface area contributed by atoms with E-state index in [4.69, 9.17) is 10.5 Å². The molecule has 0 saturated heterocycles. The summed E-state index contributed by atoms with van der Waals surface area (Å²) in [6.45, 7) is 5.69. The normalized spacial score (nSPS) is 13.4. The number of hydrogen-bond donors (Lipinski definition) is 4. The zero-order valence-corrected chi connectivity index (χ0v) is 19.8. The average Bonchev–Trinajstić information content (AvgIpc) is 2.84. The minimum atomic E-state index is -0.888. The van der Waals surface area contributed by atoms with E-state index in [-0.39, 0.29) is 28.7 Å². The number of nitrogens with zero attached hydrogens (tertiary/aromatic N) is 4. The molecule has 0 aliphatic carbocycles. The summed E-state index contributed by atoms with van der Waals surface area (Å²) in [6.07, 6.45) is 0.916. The van der Waals surface area contributed by atoms with E-state index in [1.54, 1.807) is 13.2 Å². The molecule has 0 radical (unpaired) electrons. The van der Waals surface area contributed by atoms with Gasteiger partial charge in [0.15, 0.2) is 11.5 Å². The lowest BCUT2D eigenvalue weighted by Gasteiger charge is -2.32. The molecule has 35 heavy (non-hydrogen) atoms. The summed E-state index contributed by atoms with van der Waals surface area (Å²) >= 11 is 0. The number of fused-ring (bicyclic) bond motifs is 1. The van der Waals surface area contributed by atoms with Gasteiger partial charge in [-0.15, -0.1) is 10.2 Å². The number of ether oxygens (including phenoxy) is 1. The number of rotatable bonds is 8. The predicted molar refractivity (Wildman–Crippen MR) is 129 cm³/mol. The van der Waals surface area contributed by atoms with Gasteiger partial charge in [0.2, 0.25) is 5.95 Å². The largest absolute Gasteiger partial charge is 0.495 e. The molecule has 0 bridgehead atoms. The number of primary amides is 1. The molecule has 10 nitrogen and oxygen atoms in total. The van der Waals surface area contributed by atoms with E-state index < -0.39 is 18.3 Å². The fourth-order valence-corrected chi connectivity index (χ4v) is 4.03. The van der Waals surface area contributed by atoms with Gasteiger partial charge >= 0.3 is 0 Å². The minimum absolute atomic E-state index is 0.0379. The van der Waals surface area contributed by atoms with Crippen molar-refractivity contribution in [3.05, 3.63) is 58.5 Å². The fraction of sp³-hybridized carbons (Fsp3) is 0.333. The van der Waals surface area contributed by atoms with Crippen LogP contribution in [0, 0.1) is 5.82 Å². The molecule has 0 saturated carbocycles. The van der Waals surface area contributed by atoms with Crippen LogP contribution in [0.5, 0.6) is 5.75 Å². The Balaban J connectivity index is 1.69.